The Bertz CT molecular complexity index is 564. The Morgan fingerprint density at radius 3 is 2.95 bits per heavy atom. The molecule has 1 amide bonds. The summed E-state index contributed by atoms with van der Waals surface area (Å²) >= 11 is 0. The van der Waals surface area contributed by atoms with E-state index in [-0.39, 0.29) is 18.4 Å². The van der Waals surface area contributed by atoms with E-state index in [0.29, 0.717) is 5.89 Å². The summed E-state index contributed by atoms with van der Waals surface area (Å²) < 4.78 is 5.13. The molecule has 1 aromatic carbocycles. The van der Waals surface area contributed by atoms with Crippen molar-refractivity contribution in [2.75, 3.05) is 5.32 Å². The Kier molecular flexibility index (Phi) is 3.91. The lowest BCUT2D eigenvalue weighted by molar-refractivity contribution is -0.116. The van der Waals surface area contributed by atoms with Crippen LogP contribution in [0.5, 0.6) is 0 Å². The van der Waals surface area contributed by atoms with Crippen LogP contribution in [-0.2, 0) is 4.79 Å². The summed E-state index contributed by atoms with van der Waals surface area (Å²) in [6.45, 7) is 3.71. The molecule has 0 aliphatic rings. The van der Waals surface area contributed by atoms with E-state index in [1.807, 2.05) is 25.1 Å². The first kappa shape index (κ1) is 13.2. The Morgan fingerprint density at radius 1 is 1.53 bits per heavy atom. The Labute approximate surface area is 111 Å². The fourth-order valence-corrected chi connectivity index (χ4v) is 1.68. The van der Waals surface area contributed by atoms with Gasteiger partial charge in [-0.3, -0.25) is 4.79 Å². The van der Waals surface area contributed by atoms with Crippen molar-refractivity contribution in [1.29, 1.82) is 0 Å². The fourth-order valence-electron chi connectivity index (χ4n) is 1.68. The van der Waals surface area contributed by atoms with Gasteiger partial charge in [-0.25, -0.2) is 0 Å². The first-order chi connectivity index (χ1) is 9.06. The van der Waals surface area contributed by atoms with E-state index in [4.69, 9.17) is 10.2 Å². The number of amides is 1. The zero-order chi connectivity index (χ0) is 13.8. The number of aromatic nitrogens is 2. The van der Waals surface area contributed by atoms with Gasteiger partial charge in [0.15, 0.2) is 0 Å². The van der Waals surface area contributed by atoms with E-state index >= 15 is 0 Å². The SMILES string of the molecule is Cc1ccc(-c2nnco2)cc1NC(=O)CC(C)N. The summed E-state index contributed by atoms with van der Waals surface area (Å²) in [5, 5.41) is 10.3. The van der Waals surface area contributed by atoms with Crippen LogP contribution < -0.4 is 11.1 Å². The lowest BCUT2D eigenvalue weighted by Gasteiger charge is -2.10. The van der Waals surface area contributed by atoms with Crippen molar-refractivity contribution in [1.82, 2.24) is 10.2 Å². The van der Waals surface area contributed by atoms with Gasteiger partial charge in [-0.1, -0.05) is 6.07 Å². The van der Waals surface area contributed by atoms with Gasteiger partial charge >= 0.3 is 0 Å². The van der Waals surface area contributed by atoms with Crippen LogP contribution >= 0.6 is 0 Å². The number of hydrogen-bond acceptors (Lipinski definition) is 5. The minimum Gasteiger partial charge on any atom is -0.423 e. The van der Waals surface area contributed by atoms with E-state index in [9.17, 15) is 4.79 Å². The number of nitrogens with two attached hydrogens (primary N) is 1. The van der Waals surface area contributed by atoms with Crippen LogP contribution in [0.1, 0.15) is 18.9 Å². The van der Waals surface area contributed by atoms with Gasteiger partial charge in [-0.05, 0) is 31.5 Å². The highest BCUT2D eigenvalue weighted by molar-refractivity contribution is 5.92. The molecule has 1 unspecified atom stereocenters. The van der Waals surface area contributed by atoms with Crippen molar-refractivity contribution in [2.24, 2.45) is 5.73 Å². The number of anilines is 1. The summed E-state index contributed by atoms with van der Waals surface area (Å²) in [5.41, 5.74) is 8.04. The van der Waals surface area contributed by atoms with Gasteiger partial charge in [-0.2, -0.15) is 0 Å². The molecule has 19 heavy (non-hydrogen) atoms. The molecule has 100 valence electrons. The first-order valence-electron chi connectivity index (χ1n) is 5.99. The summed E-state index contributed by atoms with van der Waals surface area (Å²) in [7, 11) is 0. The molecule has 2 rings (SSSR count). The summed E-state index contributed by atoms with van der Waals surface area (Å²) in [4.78, 5) is 11.7. The van der Waals surface area contributed by atoms with E-state index in [1.54, 1.807) is 6.92 Å². The molecule has 0 bridgehead atoms. The van der Waals surface area contributed by atoms with Crippen molar-refractivity contribution in [3.63, 3.8) is 0 Å². The first-order valence-corrected chi connectivity index (χ1v) is 5.99. The standard InChI is InChI=1S/C13H16N4O2/c1-8-3-4-10(13-17-15-7-19-13)6-11(8)16-12(18)5-9(2)14/h3-4,6-7,9H,5,14H2,1-2H3,(H,16,18). The minimum absolute atomic E-state index is 0.110. The molecule has 3 N–H and O–H groups in total. The molecule has 0 fully saturated rings. The smallest absolute Gasteiger partial charge is 0.247 e. The van der Waals surface area contributed by atoms with Crippen molar-refractivity contribution < 1.29 is 9.21 Å². The Morgan fingerprint density at radius 2 is 2.32 bits per heavy atom. The van der Waals surface area contributed by atoms with E-state index in [1.165, 1.54) is 6.39 Å². The highest BCUT2D eigenvalue weighted by atomic mass is 16.4. The van der Waals surface area contributed by atoms with Crippen molar-refractivity contribution >= 4 is 11.6 Å². The second-order valence-electron chi connectivity index (χ2n) is 4.50. The van der Waals surface area contributed by atoms with Crippen LogP contribution in [0, 0.1) is 6.92 Å². The lowest BCUT2D eigenvalue weighted by atomic mass is 10.1. The maximum absolute atomic E-state index is 11.7. The maximum atomic E-state index is 11.7. The largest absolute Gasteiger partial charge is 0.423 e. The number of carbonyl (C=O) groups excluding carboxylic acids is 1. The molecule has 1 aromatic heterocycles. The summed E-state index contributed by atoms with van der Waals surface area (Å²) in [5.74, 6) is 0.309. The van der Waals surface area contributed by atoms with Crippen molar-refractivity contribution in [3.05, 3.63) is 30.2 Å². The van der Waals surface area contributed by atoms with Gasteiger partial charge in [0.25, 0.3) is 0 Å². The van der Waals surface area contributed by atoms with Gasteiger partial charge in [0.2, 0.25) is 18.2 Å². The number of carbonyl (C=O) groups is 1. The van der Waals surface area contributed by atoms with Crippen LogP contribution in [0.2, 0.25) is 0 Å². The van der Waals surface area contributed by atoms with Crippen LogP contribution in [-0.4, -0.2) is 22.1 Å². The lowest BCUT2D eigenvalue weighted by Crippen LogP contribution is -2.24. The number of nitrogens with zero attached hydrogens (tertiary/aromatic N) is 2. The number of nitrogens with one attached hydrogen (secondary N) is 1. The zero-order valence-corrected chi connectivity index (χ0v) is 10.9. The second-order valence-corrected chi connectivity index (χ2v) is 4.50. The minimum atomic E-state index is -0.167. The molecule has 6 heteroatoms. The van der Waals surface area contributed by atoms with Gasteiger partial charge in [0, 0.05) is 23.7 Å². The number of rotatable bonds is 4. The molecule has 1 atom stereocenters. The van der Waals surface area contributed by atoms with E-state index in [0.717, 1.165) is 16.8 Å². The van der Waals surface area contributed by atoms with E-state index in [2.05, 4.69) is 15.5 Å². The average molecular weight is 260 g/mol. The molecule has 0 radical (unpaired) electrons. The van der Waals surface area contributed by atoms with Crippen molar-refractivity contribution in [3.8, 4) is 11.5 Å². The van der Waals surface area contributed by atoms with Crippen LogP contribution in [0.3, 0.4) is 0 Å². The zero-order valence-electron chi connectivity index (χ0n) is 10.9. The number of hydrogen-bond donors (Lipinski definition) is 2. The van der Waals surface area contributed by atoms with Gasteiger partial charge < -0.3 is 15.5 Å². The number of benzene rings is 1. The third kappa shape index (κ3) is 3.38. The normalized spacial score (nSPS) is 12.2. The van der Waals surface area contributed by atoms with Gasteiger partial charge in [-0.15, -0.1) is 10.2 Å². The summed E-state index contributed by atoms with van der Waals surface area (Å²) in [6.07, 6.45) is 1.55. The predicted molar refractivity (Wildman–Crippen MR) is 71.4 cm³/mol. The second kappa shape index (κ2) is 5.62. The van der Waals surface area contributed by atoms with Crippen LogP contribution in [0.25, 0.3) is 11.5 Å². The van der Waals surface area contributed by atoms with Crippen molar-refractivity contribution in [2.45, 2.75) is 26.3 Å². The quantitative estimate of drug-likeness (QED) is 0.872. The third-order valence-corrected chi connectivity index (χ3v) is 2.63. The molecular weight excluding hydrogens is 244 g/mol. The molecule has 0 aliphatic carbocycles. The summed E-state index contributed by atoms with van der Waals surface area (Å²) in [6, 6.07) is 5.40. The van der Waals surface area contributed by atoms with E-state index < -0.39 is 0 Å². The topological polar surface area (TPSA) is 94.0 Å². The third-order valence-electron chi connectivity index (χ3n) is 2.63. The highest BCUT2D eigenvalue weighted by Gasteiger charge is 2.10. The average Bonchev–Trinajstić information content (AvgIpc) is 2.84. The molecule has 0 saturated heterocycles. The van der Waals surface area contributed by atoms with Gasteiger partial charge in [0.1, 0.15) is 0 Å². The molecule has 0 aliphatic heterocycles. The predicted octanol–water partition coefficient (Wildman–Crippen LogP) is 1.72. The Hall–Kier alpha value is -2.21. The van der Waals surface area contributed by atoms with Crippen LogP contribution in [0.15, 0.2) is 29.0 Å². The Balaban J connectivity index is 2.20. The highest BCUT2D eigenvalue weighted by Crippen LogP contribution is 2.23. The molecule has 1 heterocycles. The molecule has 0 spiro atoms. The monoisotopic (exact) mass is 260 g/mol. The maximum Gasteiger partial charge on any atom is 0.247 e. The molecule has 2 aromatic rings. The van der Waals surface area contributed by atoms with Gasteiger partial charge in [0.05, 0.1) is 0 Å². The molecule has 6 nitrogen and oxygen atoms in total. The number of aryl methyl sites for hydroxylation is 1. The fraction of sp³-hybridized carbons (Fsp3) is 0.308. The molecular formula is C13H16N4O2. The molecule has 0 saturated carbocycles. The van der Waals surface area contributed by atoms with Crippen LogP contribution in [0.4, 0.5) is 5.69 Å².